The van der Waals surface area contributed by atoms with Crippen molar-refractivity contribution in [1.82, 2.24) is 5.32 Å². The van der Waals surface area contributed by atoms with Crippen LogP contribution in [0.5, 0.6) is 11.5 Å². The van der Waals surface area contributed by atoms with Gasteiger partial charge in [-0.2, -0.15) is 0 Å². The number of carbonyl (C=O) groups is 3. The molecule has 296 valence electrons. The molecule has 0 fully saturated rings. The molecular weight excluding hydrogens is 700 g/mol. The van der Waals surface area contributed by atoms with Gasteiger partial charge in [0.15, 0.2) is 0 Å². The van der Waals surface area contributed by atoms with Crippen LogP contribution >= 0.6 is 11.6 Å². The molecular formula is C45H63ClN2O6. The smallest absolute Gasteiger partial charge is 0.335 e. The van der Waals surface area contributed by atoms with E-state index < -0.39 is 28.1 Å². The lowest BCUT2D eigenvalue weighted by Crippen LogP contribution is -2.57. The zero-order valence-electron chi connectivity index (χ0n) is 33.0. The van der Waals surface area contributed by atoms with E-state index >= 15 is 0 Å². The number of aromatic carboxylic acids is 1. The van der Waals surface area contributed by atoms with Crippen LogP contribution in [0.2, 0.25) is 0 Å². The molecule has 2 unspecified atom stereocenters. The Hall–Kier alpha value is -3.88. The van der Waals surface area contributed by atoms with E-state index in [1.165, 1.54) is 107 Å². The Morgan fingerprint density at radius 3 is 1.89 bits per heavy atom. The molecule has 0 aromatic heterocycles. The second-order valence-electron chi connectivity index (χ2n) is 15.0. The van der Waals surface area contributed by atoms with Crippen molar-refractivity contribution in [2.45, 2.75) is 142 Å². The molecule has 0 bridgehead atoms. The van der Waals surface area contributed by atoms with E-state index in [4.69, 9.17) is 21.1 Å². The average molecular weight is 763 g/mol. The lowest BCUT2D eigenvalue weighted by molar-refractivity contribution is -0.144. The van der Waals surface area contributed by atoms with Gasteiger partial charge in [0, 0.05) is 17.6 Å². The first-order valence-electron chi connectivity index (χ1n) is 20.1. The highest BCUT2D eigenvalue weighted by molar-refractivity contribution is 6.47. The van der Waals surface area contributed by atoms with Crippen LogP contribution in [-0.4, -0.2) is 40.6 Å². The van der Waals surface area contributed by atoms with Crippen LogP contribution in [-0.2, 0) is 16.0 Å². The third kappa shape index (κ3) is 15.5. The van der Waals surface area contributed by atoms with Crippen molar-refractivity contribution < 1.29 is 29.0 Å². The molecule has 0 aliphatic heterocycles. The van der Waals surface area contributed by atoms with Gasteiger partial charge in [0.05, 0.1) is 5.56 Å². The number of carboxylic acids is 1. The molecule has 0 saturated heterocycles. The lowest BCUT2D eigenvalue weighted by atomic mass is 9.84. The van der Waals surface area contributed by atoms with Gasteiger partial charge in [0.2, 0.25) is 5.78 Å². The number of hydrogen-bond acceptors (Lipinski definition) is 6. The molecule has 0 aliphatic carbocycles. The molecule has 3 N–H and O–H groups in total. The van der Waals surface area contributed by atoms with Crippen molar-refractivity contribution in [3.63, 3.8) is 0 Å². The topological polar surface area (TPSA) is 114 Å². The normalized spacial score (nSPS) is 13.1. The maximum absolute atomic E-state index is 14.2. The predicted molar refractivity (Wildman–Crippen MR) is 220 cm³/mol. The summed E-state index contributed by atoms with van der Waals surface area (Å²) in [5.41, 5.74) is 0.515. The summed E-state index contributed by atoms with van der Waals surface area (Å²) in [5.74, 6) is -1.82. The number of alkyl halides is 1. The Bertz CT molecular complexity index is 1550. The van der Waals surface area contributed by atoms with Gasteiger partial charge >= 0.3 is 11.0 Å². The van der Waals surface area contributed by atoms with Crippen molar-refractivity contribution >= 4 is 34.9 Å². The molecule has 0 heterocycles. The minimum atomic E-state index is -2.46. The second-order valence-corrected chi connectivity index (χ2v) is 15.5. The zero-order valence-corrected chi connectivity index (χ0v) is 33.7. The predicted octanol–water partition coefficient (Wildman–Crippen LogP) is 11.4. The first-order chi connectivity index (χ1) is 26.0. The zero-order chi connectivity index (χ0) is 39.2. The fourth-order valence-corrected chi connectivity index (χ4v) is 6.78. The minimum Gasteiger partial charge on any atom is -0.478 e. The second kappa shape index (κ2) is 23.8. The van der Waals surface area contributed by atoms with Crippen LogP contribution in [0.1, 0.15) is 140 Å². The first kappa shape index (κ1) is 44.5. The van der Waals surface area contributed by atoms with E-state index in [9.17, 15) is 19.5 Å². The number of carboxylic acid groups (broad SMARTS) is 1. The van der Waals surface area contributed by atoms with Crippen molar-refractivity contribution in [3.8, 4) is 11.5 Å². The van der Waals surface area contributed by atoms with Gasteiger partial charge < -0.3 is 19.9 Å². The molecule has 3 aromatic rings. The number of anilines is 1. The van der Waals surface area contributed by atoms with Gasteiger partial charge in [-0.1, -0.05) is 153 Å². The summed E-state index contributed by atoms with van der Waals surface area (Å²) in [4.78, 5) is 39.3. The molecule has 1 amide bonds. The van der Waals surface area contributed by atoms with E-state index in [1.807, 2.05) is 12.1 Å². The van der Waals surface area contributed by atoms with E-state index in [0.717, 1.165) is 25.0 Å². The number of ketones is 1. The highest BCUT2D eigenvalue weighted by Crippen LogP contribution is 2.33. The van der Waals surface area contributed by atoms with E-state index in [2.05, 4.69) is 36.6 Å². The van der Waals surface area contributed by atoms with Crippen LogP contribution in [0.4, 0.5) is 5.69 Å². The summed E-state index contributed by atoms with van der Waals surface area (Å²) in [7, 11) is 0. The highest BCUT2D eigenvalue weighted by Gasteiger charge is 2.53. The number of rotatable bonds is 28. The van der Waals surface area contributed by atoms with E-state index in [0.29, 0.717) is 12.1 Å². The van der Waals surface area contributed by atoms with E-state index in [-0.39, 0.29) is 24.1 Å². The minimum absolute atomic E-state index is 0.0270. The quantitative estimate of drug-likeness (QED) is 0.0292. The average Bonchev–Trinajstić information content (AvgIpc) is 3.16. The Kier molecular flexibility index (Phi) is 19.6. The summed E-state index contributed by atoms with van der Waals surface area (Å²) in [5, 5.41) is 12.9. The summed E-state index contributed by atoms with van der Waals surface area (Å²) < 4.78 is 12.3. The number of aryl methyl sites for hydroxylation is 1. The summed E-state index contributed by atoms with van der Waals surface area (Å²) >= 11 is 6.89. The Balaban J connectivity index is 1.56. The number of halogens is 1. The Morgan fingerprint density at radius 2 is 1.31 bits per heavy atom. The van der Waals surface area contributed by atoms with Gasteiger partial charge in [-0.15, -0.1) is 0 Å². The van der Waals surface area contributed by atoms with Gasteiger partial charge in [-0.25, -0.2) is 4.79 Å². The van der Waals surface area contributed by atoms with Gasteiger partial charge in [0.25, 0.3) is 5.91 Å². The monoisotopic (exact) mass is 762 g/mol. The van der Waals surface area contributed by atoms with Crippen LogP contribution in [0, 0.1) is 5.41 Å². The molecule has 54 heavy (non-hydrogen) atoms. The number of carbonyl (C=O) groups excluding carboxylic acids is 2. The third-order valence-corrected chi connectivity index (χ3v) is 10.1. The van der Waals surface area contributed by atoms with Crippen LogP contribution in [0.3, 0.4) is 0 Å². The fourth-order valence-electron chi connectivity index (χ4n) is 6.39. The van der Waals surface area contributed by atoms with E-state index in [1.54, 1.807) is 44.2 Å². The maximum atomic E-state index is 14.2. The number of unbranched alkanes of at least 4 members (excludes halogenated alkanes) is 12. The number of amides is 1. The summed E-state index contributed by atoms with van der Waals surface area (Å²) in [6.07, 6.45) is 19.5. The molecule has 0 aliphatic rings. The number of nitrogens with one attached hydrogen (secondary N) is 2. The third-order valence-electron chi connectivity index (χ3n) is 9.66. The van der Waals surface area contributed by atoms with Crippen LogP contribution in [0.15, 0.2) is 78.9 Å². The molecule has 0 spiro atoms. The van der Waals surface area contributed by atoms with Crippen molar-refractivity contribution in [2.24, 2.45) is 5.41 Å². The van der Waals surface area contributed by atoms with Gasteiger partial charge in [0.1, 0.15) is 17.7 Å². The van der Waals surface area contributed by atoms with Crippen molar-refractivity contribution in [1.29, 1.82) is 0 Å². The van der Waals surface area contributed by atoms with Gasteiger partial charge in [-0.05, 0) is 73.4 Å². The molecule has 9 heteroatoms. The lowest BCUT2D eigenvalue weighted by Gasteiger charge is -2.34. The number of para-hydroxylation sites is 1. The fraction of sp³-hybridized carbons (Fsp3) is 0.533. The molecule has 8 nitrogen and oxygen atoms in total. The standard InChI is InChI=1S/C45H63ClN2O6/c1-5-7-8-9-10-11-12-13-14-15-16-17-19-24-35-25-22-28-39(33-35)53-40(23-6-2)47-34-44(3,4)42(51)45(46,43(52)48-37-26-20-18-21-27-37)54-38-31-29-36(30-32-38)41(49)50/h18,20-22,25-33,40,47H,5-17,19,23-24,34H2,1-4H3,(H,48,52)(H,49,50). The summed E-state index contributed by atoms with van der Waals surface area (Å²) in [6, 6.07) is 22.2. The van der Waals surface area contributed by atoms with Crippen LogP contribution in [0.25, 0.3) is 0 Å². The largest absolute Gasteiger partial charge is 0.478 e. The molecule has 3 rings (SSSR count). The number of Topliss-reactive ketones (excluding diaryl/α,β-unsaturated/α-hetero) is 1. The Morgan fingerprint density at radius 1 is 0.722 bits per heavy atom. The molecule has 2 atom stereocenters. The maximum Gasteiger partial charge on any atom is 0.335 e. The number of ether oxygens (including phenoxy) is 2. The van der Waals surface area contributed by atoms with Crippen molar-refractivity contribution in [2.75, 3.05) is 11.9 Å². The molecule has 0 radical (unpaired) electrons. The van der Waals surface area contributed by atoms with Crippen molar-refractivity contribution in [3.05, 3.63) is 90.0 Å². The van der Waals surface area contributed by atoms with Crippen LogP contribution < -0.4 is 20.1 Å². The number of benzene rings is 3. The molecule has 3 aromatic carbocycles. The number of hydrogen-bond donors (Lipinski definition) is 3. The first-order valence-corrected chi connectivity index (χ1v) is 20.5. The molecule has 0 saturated carbocycles. The van der Waals surface area contributed by atoms with Gasteiger partial charge in [-0.3, -0.25) is 14.9 Å². The Labute approximate surface area is 328 Å². The summed E-state index contributed by atoms with van der Waals surface area (Å²) in [6.45, 7) is 7.88. The SMILES string of the molecule is CCCCCCCCCCCCCCCc1cccc(OC(CCC)NCC(C)(C)C(=O)C(Cl)(Oc2ccc(C(=O)O)cc2)C(=O)Nc2ccccc2)c1. The highest BCUT2D eigenvalue weighted by atomic mass is 35.5.